The molecule has 2 aromatic heterocycles. The Morgan fingerprint density at radius 2 is 2.18 bits per heavy atom. The van der Waals surface area contributed by atoms with Crippen LogP contribution in [0.2, 0.25) is 10.0 Å². The Balaban J connectivity index is 1.65. The van der Waals surface area contributed by atoms with E-state index in [2.05, 4.69) is 11.1 Å². The number of hydrogen-bond acceptors (Lipinski definition) is 5. The molecule has 2 heterocycles. The summed E-state index contributed by atoms with van der Waals surface area (Å²) in [6, 6.07) is 5.82. The molecule has 0 saturated carbocycles. The fourth-order valence-corrected chi connectivity index (χ4v) is 5.30. The van der Waals surface area contributed by atoms with Gasteiger partial charge in [-0.25, -0.2) is 0 Å². The minimum atomic E-state index is -0.278. The van der Waals surface area contributed by atoms with Crippen molar-refractivity contribution in [3.05, 3.63) is 56.1 Å². The lowest BCUT2D eigenvalue weighted by Crippen LogP contribution is -2.07. The topological polar surface area (TPSA) is 48.4 Å². The zero-order valence-corrected chi connectivity index (χ0v) is 17.9. The average molecular weight is 436 g/mol. The molecule has 4 nitrogen and oxygen atoms in total. The summed E-state index contributed by atoms with van der Waals surface area (Å²) in [6.07, 6.45) is 1.83. The number of hydrogen-bond donors (Lipinski definition) is 0. The molecule has 1 aliphatic rings. The molecule has 1 aliphatic carbocycles. The molecule has 1 atom stereocenters. The van der Waals surface area contributed by atoms with E-state index in [0.717, 1.165) is 45.4 Å². The summed E-state index contributed by atoms with van der Waals surface area (Å²) in [4.78, 5) is 16.5. The van der Waals surface area contributed by atoms with Gasteiger partial charge in [0.1, 0.15) is 16.9 Å². The van der Waals surface area contributed by atoms with Gasteiger partial charge in [-0.2, -0.15) is 0 Å². The molecule has 0 amide bonds. The Morgan fingerprint density at radius 3 is 2.96 bits per heavy atom. The van der Waals surface area contributed by atoms with Crippen LogP contribution >= 0.6 is 34.5 Å². The summed E-state index contributed by atoms with van der Waals surface area (Å²) in [5.41, 5.74) is 4.02. The van der Waals surface area contributed by atoms with Crippen LogP contribution in [0.3, 0.4) is 0 Å². The van der Waals surface area contributed by atoms with Gasteiger partial charge in [-0.15, -0.1) is 11.3 Å². The first-order valence-electron chi connectivity index (χ1n) is 9.14. The van der Waals surface area contributed by atoms with Crippen LogP contribution in [0.15, 0.2) is 23.6 Å². The zero-order chi connectivity index (χ0) is 19.8. The molecule has 28 heavy (non-hydrogen) atoms. The van der Waals surface area contributed by atoms with E-state index < -0.39 is 0 Å². The van der Waals surface area contributed by atoms with Gasteiger partial charge in [-0.05, 0) is 43.7 Å². The largest absolute Gasteiger partial charge is 0.484 e. The lowest BCUT2D eigenvalue weighted by molar-refractivity contribution is -0.142. The second-order valence-corrected chi connectivity index (χ2v) is 8.42. The predicted molar refractivity (Wildman–Crippen MR) is 113 cm³/mol. The first-order valence-corrected chi connectivity index (χ1v) is 10.8. The molecule has 0 radical (unpaired) electrons. The molecule has 7 heteroatoms. The quantitative estimate of drug-likeness (QED) is 0.455. The van der Waals surface area contributed by atoms with Crippen LogP contribution in [0.4, 0.5) is 0 Å². The van der Waals surface area contributed by atoms with Crippen LogP contribution in [0.25, 0.3) is 10.1 Å². The lowest BCUT2D eigenvalue weighted by atomic mass is 10.1. The van der Waals surface area contributed by atoms with E-state index in [9.17, 15) is 4.79 Å². The second-order valence-electron chi connectivity index (χ2n) is 6.75. The SMILES string of the molecule is CCOC(=O)Cc1csc2c(Cl)c(OC3CCc4nc(C)ccc43)cc(Cl)c12. The van der Waals surface area contributed by atoms with Crippen molar-refractivity contribution in [3.63, 3.8) is 0 Å². The minimum absolute atomic E-state index is 0.0897. The van der Waals surface area contributed by atoms with Gasteiger partial charge in [0.25, 0.3) is 0 Å². The number of benzene rings is 1. The molecule has 0 bridgehead atoms. The van der Waals surface area contributed by atoms with E-state index >= 15 is 0 Å². The molecule has 0 fully saturated rings. The summed E-state index contributed by atoms with van der Waals surface area (Å²) >= 11 is 14.7. The zero-order valence-electron chi connectivity index (χ0n) is 15.6. The molecule has 146 valence electrons. The van der Waals surface area contributed by atoms with Crippen molar-refractivity contribution in [2.75, 3.05) is 6.61 Å². The number of pyridine rings is 1. The van der Waals surface area contributed by atoms with Gasteiger partial charge in [-0.1, -0.05) is 29.3 Å². The molecular weight excluding hydrogens is 417 g/mol. The molecule has 0 spiro atoms. The summed E-state index contributed by atoms with van der Waals surface area (Å²) in [5.74, 6) is 0.280. The summed E-state index contributed by atoms with van der Waals surface area (Å²) in [6.45, 7) is 4.13. The molecule has 0 N–H and O–H groups in total. The highest BCUT2D eigenvalue weighted by Crippen LogP contribution is 2.45. The van der Waals surface area contributed by atoms with E-state index in [4.69, 9.17) is 32.7 Å². The van der Waals surface area contributed by atoms with Gasteiger partial charge >= 0.3 is 5.97 Å². The maximum atomic E-state index is 11.9. The third kappa shape index (κ3) is 3.59. The van der Waals surface area contributed by atoms with Crippen LogP contribution < -0.4 is 4.74 Å². The fourth-order valence-electron chi connectivity index (χ4n) is 3.58. The van der Waals surface area contributed by atoms with E-state index in [1.165, 1.54) is 11.3 Å². The number of nitrogens with zero attached hydrogens (tertiary/aromatic N) is 1. The van der Waals surface area contributed by atoms with E-state index in [0.29, 0.717) is 22.4 Å². The number of halogens is 2. The average Bonchev–Trinajstić information content (AvgIpc) is 3.24. The van der Waals surface area contributed by atoms with Gasteiger partial charge in [0.15, 0.2) is 0 Å². The second kappa shape index (κ2) is 7.90. The third-order valence-corrected chi connectivity index (χ3v) is 6.66. The summed E-state index contributed by atoms with van der Waals surface area (Å²) in [7, 11) is 0. The molecule has 1 aromatic carbocycles. The Labute approximate surface area is 177 Å². The van der Waals surface area contributed by atoms with Gasteiger partial charge in [-0.3, -0.25) is 9.78 Å². The smallest absolute Gasteiger partial charge is 0.310 e. The first kappa shape index (κ1) is 19.5. The Bertz CT molecular complexity index is 1060. The molecule has 1 unspecified atom stereocenters. The van der Waals surface area contributed by atoms with Gasteiger partial charge < -0.3 is 9.47 Å². The van der Waals surface area contributed by atoms with Gasteiger partial charge in [0, 0.05) is 28.4 Å². The highest BCUT2D eigenvalue weighted by Gasteiger charge is 2.27. The number of carbonyl (C=O) groups excluding carboxylic acids is 1. The molecule has 4 rings (SSSR count). The minimum Gasteiger partial charge on any atom is -0.484 e. The van der Waals surface area contributed by atoms with E-state index in [1.807, 2.05) is 18.4 Å². The fraction of sp³-hybridized carbons (Fsp3) is 0.333. The van der Waals surface area contributed by atoms with Crippen LogP contribution in [0, 0.1) is 6.92 Å². The number of thiophene rings is 1. The number of aromatic nitrogens is 1. The van der Waals surface area contributed by atoms with Crippen molar-refractivity contribution < 1.29 is 14.3 Å². The Morgan fingerprint density at radius 1 is 1.36 bits per heavy atom. The van der Waals surface area contributed by atoms with Gasteiger partial charge in [0.2, 0.25) is 0 Å². The van der Waals surface area contributed by atoms with Gasteiger partial charge in [0.05, 0.1) is 22.8 Å². The normalized spacial score (nSPS) is 15.6. The molecule has 0 saturated heterocycles. The Hall–Kier alpha value is -1.82. The predicted octanol–water partition coefficient (Wildman–Crippen LogP) is 6.08. The summed E-state index contributed by atoms with van der Waals surface area (Å²) in [5, 5.41) is 3.74. The van der Waals surface area contributed by atoms with Crippen LogP contribution in [0.1, 0.15) is 42.0 Å². The van der Waals surface area contributed by atoms with E-state index in [1.54, 1.807) is 13.0 Å². The van der Waals surface area contributed by atoms with Crippen molar-refractivity contribution in [2.45, 2.75) is 39.2 Å². The van der Waals surface area contributed by atoms with Crippen LogP contribution in [0.5, 0.6) is 5.75 Å². The highest BCUT2D eigenvalue weighted by molar-refractivity contribution is 7.18. The molecule has 0 aliphatic heterocycles. The number of ether oxygens (including phenoxy) is 2. The maximum Gasteiger partial charge on any atom is 0.310 e. The maximum absolute atomic E-state index is 11.9. The molecular formula is C21H19Cl2NO3S. The van der Waals surface area contributed by atoms with Crippen molar-refractivity contribution in [2.24, 2.45) is 0 Å². The number of carbonyl (C=O) groups is 1. The Kier molecular flexibility index (Phi) is 5.50. The third-order valence-electron chi connectivity index (χ3n) is 4.83. The lowest BCUT2D eigenvalue weighted by Gasteiger charge is -2.17. The van der Waals surface area contributed by atoms with Crippen molar-refractivity contribution in [1.82, 2.24) is 4.98 Å². The number of esters is 1. The number of rotatable bonds is 5. The van der Waals surface area contributed by atoms with E-state index in [-0.39, 0.29) is 18.5 Å². The number of fused-ring (bicyclic) bond motifs is 2. The van der Waals surface area contributed by atoms with Crippen molar-refractivity contribution >= 4 is 50.6 Å². The first-order chi connectivity index (χ1) is 13.5. The molecule has 3 aromatic rings. The van der Waals surface area contributed by atoms with Crippen LogP contribution in [-0.2, 0) is 22.4 Å². The van der Waals surface area contributed by atoms with Crippen LogP contribution in [-0.4, -0.2) is 17.6 Å². The highest BCUT2D eigenvalue weighted by atomic mass is 35.5. The van der Waals surface area contributed by atoms with Crippen molar-refractivity contribution in [1.29, 1.82) is 0 Å². The number of aryl methyl sites for hydroxylation is 2. The monoisotopic (exact) mass is 435 g/mol. The summed E-state index contributed by atoms with van der Waals surface area (Å²) < 4.78 is 12.1. The standard InChI is InChI=1S/C21H19Cl2NO3S/c1-3-26-18(25)8-12-10-28-21-19(12)14(22)9-17(20(21)23)27-16-7-6-15-13(16)5-4-11(2)24-15/h4-5,9-10,16H,3,6-8H2,1-2H3. The van der Waals surface area contributed by atoms with Crippen molar-refractivity contribution in [3.8, 4) is 5.75 Å².